The summed E-state index contributed by atoms with van der Waals surface area (Å²) in [7, 11) is 0. The minimum atomic E-state index is 0.499. The molecule has 0 spiro atoms. The van der Waals surface area contributed by atoms with Crippen LogP contribution in [0.5, 0.6) is 0 Å². The van der Waals surface area contributed by atoms with E-state index in [-0.39, 0.29) is 0 Å². The first-order valence-corrected chi connectivity index (χ1v) is 9.90. The quantitative estimate of drug-likeness (QED) is 0.527. The van der Waals surface area contributed by atoms with Crippen LogP contribution in [0.4, 0.5) is 0 Å². The number of pyridine rings is 1. The molecule has 1 aliphatic rings. The number of rotatable bonds is 4. The molecule has 30 heavy (non-hydrogen) atoms. The van der Waals surface area contributed by atoms with E-state index >= 15 is 0 Å². The van der Waals surface area contributed by atoms with E-state index in [9.17, 15) is 5.26 Å². The van der Waals surface area contributed by atoms with E-state index in [1.165, 1.54) is 5.56 Å². The fourth-order valence-electron chi connectivity index (χ4n) is 3.72. The van der Waals surface area contributed by atoms with Crippen LogP contribution in [0.15, 0.2) is 61.1 Å². The Morgan fingerprint density at radius 3 is 2.63 bits per heavy atom. The molecule has 1 aliphatic heterocycles. The van der Waals surface area contributed by atoms with Crippen molar-refractivity contribution in [2.24, 2.45) is 0 Å². The molecule has 0 aliphatic carbocycles. The van der Waals surface area contributed by atoms with Gasteiger partial charge >= 0.3 is 0 Å². The first-order chi connectivity index (χ1) is 14.8. The maximum Gasteiger partial charge on any atom is 0.154 e. The Morgan fingerprint density at radius 2 is 1.83 bits per heavy atom. The number of benzene rings is 1. The number of nitrogens with zero attached hydrogens (tertiary/aromatic N) is 6. The first-order valence-electron chi connectivity index (χ1n) is 9.90. The van der Waals surface area contributed by atoms with Gasteiger partial charge in [0.1, 0.15) is 6.07 Å². The van der Waals surface area contributed by atoms with Gasteiger partial charge in [-0.2, -0.15) is 10.4 Å². The van der Waals surface area contributed by atoms with Crippen molar-refractivity contribution in [3.05, 3.63) is 72.2 Å². The number of fused-ring (bicyclic) bond motifs is 1. The van der Waals surface area contributed by atoms with Gasteiger partial charge < -0.3 is 4.74 Å². The minimum Gasteiger partial charge on any atom is -0.379 e. The Labute approximate surface area is 174 Å². The number of morpholine rings is 1. The van der Waals surface area contributed by atoms with Crippen LogP contribution in [-0.2, 0) is 11.3 Å². The van der Waals surface area contributed by atoms with Crippen LogP contribution in [0.2, 0.25) is 0 Å². The van der Waals surface area contributed by atoms with Gasteiger partial charge in [-0.15, -0.1) is 0 Å². The Morgan fingerprint density at radius 1 is 1.00 bits per heavy atom. The van der Waals surface area contributed by atoms with Crippen LogP contribution in [0.25, 0.3) is 28.2 Å². The zero-order valence-electron chi connectivity index (χ0n) is 16.4. The predicted octanol–water partition coefficient (Wildman–Crippen LogP) is 3.16. The predicted molar refractivity (Wildman–Crippen MR) is 112 cm³/mol. The van der Waals surface area contributed by atoms with Gasteiger partial charge in [0, 0.05) is 43.2 Å². The summed E-state index contributed by atoms with van der Waals surface area (Å²) in [6.07, 6.45) is 5.06. The van der Waals surface area contributed by atoms with Crippen LogP contribution >= 0.6 is 0 Å². The van der Waals surface area contributed by atoms with Crippen molar-refractivity contribution in [2.75, 3.05) is 26.3 Å². The summed E-state index contributed by atoms with van der Waals surface area (Å²) in [5, 5.41) is 14.1. The molecule has 7 heteroatoms. The molecule has 0 radical (unpaired) electrons. The van der Waals surface area contributed by atoms with Crippen molar-refractivity contribution in [1.82, 2.24) is 24.5 Å². The molecule has 1 saturated heterocycles. The number of ether oxygens (including phenoxy) is 1. The fourth-order valence-corrected chi connectivity index (χ4v) is 3.72. The summed E-state index contributed by atoms with van der Waals surface area (Å²) in [5.41, 5.74) is 5.97. The van der Waals surface area contributed by atoms with Crippen molar-refractivity contribution in [3.8, 4) is 28.6 Å². The SMILES string of the molecule is N#Cc1cnccc1-c1ccc2ncc(-c3ccc(CN4CCOCC4)cc3)n2n1. The zero-order valence-corrected chi connectivity index (χ0v) is 16.4. The normalized spacial score (nSPS) is 14.6. The van der Waals surface area contributed by atoms with Gasteiger partial charge in [-0.3, -0.25) is 9.88 Å². The molecule has 7 nitrogen and oxygen atoms in total. The lowest BCUT2D eigenvalue weighted by Gasteiger charge is -2.26. The van der Waals surface area contributed by atoms with Crippen LogP contribution < -0.4 is 0 Å². The number of imidazole rings is 1. The van der Waals surface area contributed by atoms with Gasteiger partial charge in [0.15, 0.2) is 5.65 Å². The van der Waals surface area contributed by atoms with Crippen molar-refractivity contribution in [1.29, 1.82) is 5.26 Å². The van der Waals surface area contributed by atoms with E-state index in [0.717, 1.165) is 55.3 Å². The highest BCUT2D eigenvalue weighted by Crippen LogP contribution is 2.25. The third-order valence-electron chi connectivity index (χ3n) is 5.34. The van der Waals surface area contributed by atoms with E-state index in [1.54, 1.807) is 12.4 Å². The van der Waals surface area contributed by atoms with Crippen molar-refractivity contribution < 1.29 is 4.74 Å². The summed E-state index contributed by atoms with van der Waals surface area (Å²) in [6.45, 7) is 4.48. The third kappa shape index (κ3) is 3.54. The van der Waals surface area contributed by atoms with Gasteiger partial charge in [-0.05, 0) is 23.8 Å². The van der Waals surface area contributed by atoms with Gasteiger partial charge in [-0.25, -0.2) is 9.50 Å². The monoisotopic (exact) mass is 396 g/mol. The van der Waals surface area contributed by atoms with E-state index in [1.807, 2.05) is 28.9 Å². The molecule has 0 N–H and O–H groups in total. The second-order valence-electron chi connectivity index (χ2n) is 7.25. The molecular formula is C23H20N6O. The molecular weight excluding hydrogens is 376 g/mol. The lowest BCUT2D eigenvalue weighted by Crippen LogP contribution is -2.35. The Hall–Kier alpha value is -3.60. The molecule has 4 aromatic rings. The van der Waals surface area contributed by atoms with Gasteiger partial charge in [-0.1, -0.05) is 24.3 Å². The van der Waals surface area contributed by atoms with Crippen molar-refractivity contribution in [3.63, 3.8) is 0 Å². The minimum absolute atomic E-state index is 0.499. The summed E-state index contributed by atoms with van der Waals surface area (Å²) >= 11 is 0. The molecule has 1 fully saturated rings. The lowest BCUT2D eigenvalue weighted by atomic mass is 10.1. The zero-order chi connectivity index (χ0) is 20.3. The molecule has 3 aromatic heterocycles. The van der Waals surface area contributed by atoms with Crippen LogP contribution in [0.1, 0.15) is 11.1 Å². The highest BCUT2D eigenvalue weighted by molar-refractivity contribution is 5.69. The smallest absolute Gasteiger partial charge is 0.154 e. The lowest BCUT2D eigenvalue weighted by molar-refractivity contribution is 0.0342. The standard InChI is InChI=1S/C23H20N6O/c24-13-19-14-25-8-7-20(19)21-5-6-23-26-15-22(29(23)27-21)18-3-1-17(2-4-18)16-28-9-11-30-12-10-28/h1-8,14-15H,9-12,16H2. The Bertz CT molecular complexity index is 1220. The van der Waals surface area contributed by atoms with Crippen LogP contribution in [0.3, 0.4) is 0 Å². The average molecular weight is 396 g/mol. The van der Waals surface area contributed by atoms with Crippen molar-refractivity contribution in [2.45, 2.75) is 6.54 Å². The van der Waals surface area contributed by atoms with E-state index in [2.05, 4.69) is 45.2 Å². The summed E-state index contributed by atoms with van der Waals surface area (Å²) in [5.74, 6) is 0. The molecule has 0 unspecified atom stereocenters. The number of nitriles is 1. The number of hydrogen-bond donors (Lipinski definition) is 0. The van der Waals surface area contributed by atoms with Crippen molar-refractivity contribution >= 4 is 5.65 Å². The fraction of sp³-hybridized carbons (Fsp3) is 0.217. The van der Waals surface area contributed by atoms with Crippen LogP contribution in [0, 0.1) is 11.3 Å². The average Bonchev–Trinajstić information content (AvgIpc) is 3.23. The Balaban J connectivity index is 1.46. The number of aromatic nitrogens is 4. The largest absolute Gasteiger partial charge is 0.379 e. The molecule has 0 amide bonds. The molecule has 1 aromatic carbocycles. The van der Waals surface area contributed by atoms with E-state index in [4.69, 9.17) is 9.84 Å². The summed E-state index contributed by atoms with van der Waals surface area (Å²) in [6, 6.07) is 16.3. The Kier molecular flexibility index (Phi) is 4.93. The topological polar surface area (TPSA) is 79.3 Å². The summed E-state index contributed by atoms with van der Waals surface area (Å²) < 4.78 is 7.25. The van der Waals surface area contributed by atoms with Crippen LogP contribution in [-0.4, -0.2) is 50.8 Å². The summed E-state index contributed by atoms with van der Waals surface area (Å²) in [4.78, 5) is 10.9. The molecule has 148 valence electrons. The second-order valence-corrected chi connectivity index (χ2v) is 7.25. The number of hydrogen-bond acceptors (Lipinski definition) is 6. The van der Waals surface area contributed by atoms with Gasteiger partial charge in [0.25, 0.3) is 0 Å². The highest BCUT2D eigenvalue weighted by Gasteiger charge is 2.13. The van der Waals surface area contributed by atoms with Gasteiger partial charge in [0.2, 0.25) is 0 Å². The second kappa shape index (κ2) is 8.03. The third-order valence-corrected chi connectivity index (χ3v) is 5.34. The molecule has 0 bridgehead atoms. The molecule has 5 rings (SSSR count). The highest BCUT2D eigenvalue weighted by atomic mass is 16.5. The van der Waals surface area contributed by atoms with E-state index < -0.39 is 0 Å². The molecule has 0 saturated carbocycles. The molecule has 0 atom stereocenters. The molecule has 4 heterocycles. The first kappa shape index (κ1) is 18.4. The maximum absolute atomic E-state index is 9.38. The maximum atomic E-state index is 9.38. The van der Waals surface area contributed by atoms with E-state index in [0.29, 0.717) is 11.3 Å². The van der Waals surface area contributed by atoms with Gasteiger partial charge in [0.05, 0.1) is 36.4 Å².